The number of aromatic nitrogens is 2. The van der Waals surface area contributed by atoms with Crippen LogP contribution in [-0.4, -0.2) is 22.7 Å². The van der Waals surface area contributed by atoms with E-state index in [1.165, 1.54) is 0 Å². The normalized spacial score (nSPS) is 10.2. The number of hydrogen-bond acceptors (Lipinski definition) is 3. The lowest BCUT2D eigenvalue weighted by atomic mass is 10.1. The van der Waals surface area contributed by atoms with Crippen molar-refractivity contribution in [3.63, 3.8) is 0 Å². The smallest absolute Gasteiger partial charge is 0.211 e. The highest BCUT2D eigenvalue weighted by Gasteiger charge is 2.13. The van der Waals surface area contributed by atoms with Crippen LogP contribution in [0.5, 0.6) is 5.75 Å². The summed E-state index contributed by atoms with van der Waals surface area (Å²) in [5.74, 6) is 0.640. The molecule has 0 saturated carbocycles. The van der Waals surface area contributed by atoms with Crippen molar-refractivity contribution in [2.45, 2.75) is 13.5 Å². The lowest BCUT2D eigenvalue weighted by Gasteiger charge is -2.05. The molecule has 0 amide bonds. The van der Waals surface area contributed by atoms with Gasteiger partial charge in [0.25, 0.3) is 0 Å². The summed E-state index contributed by atoms with van der Waals surface area (Å²) in [6.07, 6.45) is 1.64. The van der Waals surface area contributed by atoms with Crippen LogP contribution in [0.3, 0.4) is 0 Å². The minimum Gasteiger partial charge on any atom is -0.497 e. The Labute approximate surface area is 99.8 Å². The summed E-state index contributed by atoms with van der Waals surface area (Å²) in [4.78, 5) is 12.2. The van der Waals surface area contributed by atoms with Crippen LogP contribution >= 0.6 is 0 Å². The molecule has 0 unspecified atom stereocenters. The molecule has 0 N–H and O–H groups in total. The predicted octanol–water partition coefficient (Wildman–Crippen LogP) is 2.14. The number of aryl methyl sites for hydroxylation is 1. The van der Waals surface area contributed by atoms with Gasteiger partial charge in [-0.3, -0.25) is 9.48 Å². The van der Waals surface area contributed by atoms with Gasteiger partial charge in [0.2, 0.25) is 5.78 Å². The summed E-state index contributed by atoms with van der Waals surface area (Å²) in [5.41, 5.74) is 1.21. The SMILES string of the molecule is CCn1nccc1C(=O)c1cccc(OC)c1. The van der Waals surface area contributed by atoms with E-state index in [1.54, 1.807) is 42.3 Å². The van der Waals surface area contributed by atoms with E-state index in [9.17, 15) is 4.79 Å². The molecule has 0 aliphatic heterocycles. The van der Waals surface area contributed by atoms with E-state index in [0.29, 0.717) is 23.6 Å². The molecule has 0 bridgehead atoms. The number of carbonyl (C=O) groups excluding carboxylic acids is 1. The van der Waals surface area contributed by atoms with Crippen molar-refractivity contribution in [1.82, 2.24) is 9.78 Å². The van der Waals surface area contributed by atoms with Crippen LogP contribution in [0.4, 0.5) is 0 Å². The third-order valence-corrected chi connectivity index (χ3v) is 2.58. The number of carbonyl (C=O) groups is 1. The van der Waals surface area contributed by atoms with Crippen molar-refractivity contribution in [3.05, 3.63) is 47.8 Å². The summed E-state index contributed by atoms with van der Waals surface area (Å²) < 4.78 is 6.79. The molecule has 17 heavy (non-hydrogen) atoms. The fraction of sp³-hybridized carbons (Fsp3) is 0.231. The highest BCUT2D eigenvalue weighted by atomic mass is 16.5. The zero-order chi connectivity index (χ0) is 12.3. The molecule has 0 radical (unpaired) electrons. The lowest BCUT2D eigenvalue weighted by molar-refractivity contribution is 0.102. The first-order valence-electron chi connectivity index (χ1n) is 5.47. The Morgan fingerprint density at radius 2 is 2.24 bits per heavy atom. The van der Waals surface area contributed by atoms with E-state index in [4.69, 9.17) is 4.74 Å². The van der Waals surface area contributed by atoms with Crippen LogP contribution in [0.15, 0.2) is 36.5 Å². The summed E-state index contributed by atoms with van der Waals surface area (Å²) in [5, 5.41) is 4.09. The van der Waals surface area contributed by atoms with E-state index in [1.807, 2.05) is 13.0 Å². The molecule has 1 heterocycles. The monoisotopic (exact) mass is 230 g/mol. The zero-order valence-corrected chi connectivity index (χ0v) is 9.88. The van der Waals surface area contributed by atoms with Crippen LogP contribution in [0.25, 0.3) is 0 Å². The van der Waals surface area contributed by atoms with Gasteiger partial charge in [-0.05, 0) is 25.1 Å². The number of ether oxygens (including phenoxy) is 1. The Balaban J connectivity index is 2.36. The topological polar surface area (TPSA) is 44.1 Å². The minimum atomic E-state index is -0.0387. The average Bonchev–Trinajstić information content (AvgIpc) is 2.86. The molecule has 4 nitrogen and oxygen atoms in total. The summed E-state index contributed by atoms with van der Waals surface area (Å²) in [6.45, 7) is 2.63. The molecule has 0 fully saturated rings. The highest BCUT2D eigenvalue weighted by molar-refractivity contribution is 6.08. The number of nitrogens with zero attached hydrogens (tertiary/aromatic N) is 2. The predicted molar refractivity (Wildman–Crippen MR) is 64.3 cm³/mol. The molecule has 0 spiro atoms. The first-order valence-corrected chi connectivity index (χ1v) is 5.47. The molecular weight excluding hydrogens is 216 g/mol. The third-order valence-electron chi connectivity index (χ3n) is 2.58. The minimum absolute atomic E-state index is 0.0387. The maximum absolute atomic E-state index is 12.2. The van der Waals surface area contributed by atoms with Crippen molar-refractivity contribution >= 4 is 5.78 Å². The Morgan fingerprint density at radius 1 is 1.41 bits per heavy atom. The molecule has 2 aromatic rings. The van der Waals surface area contributed by atoms with Crippen LogP contribution in [-0.2, 0) is 6.54 Å². The summed E-state index contributed by atoms with van der Waals surface area (Å²) >= 11 is 0. The van der Waals surface area contributed by atoms with Gasteiger partial charge in [0, 0.05) is 18.3 Å². The van der Waals surface area contributed by atoms with Crippen molar-refractivity contribution in [1.29, 1.82) is 0 Å². The number of hydrogen-bond donors (Lipinski definition) is 0. The fourth-order valence-corrected chi connectivity index (χ4v) is 1.69. The second-order valence-corrected chi connectivity index (χ2v) is 3.59. The Hall–Kier alpha value is -2.10. The van der Waals surface area contributed by atoms with Gasteiger partial charge in [-0.15, -0.1) is 0 Å². The van der Waals surface area contributed by atoms with E-state index in [2.05, 4.69) is 5.10 Å². The van der Waals surface area contributed by atoms with Gasteiger partial charge in [-0.2, -0.15) is 5.10 Å². The van der Waals surface area contributed by atoms with Crippen molar-refractivity contribution in [3.8, 4) is 5.75 Å². The summed E-state index contributed by atoms with van der Waals surface area (Å²) in [6, 6.07) is 8.85. The maximum atomic E-state index is 12.2. The van der Waals surface area contributed by atoms with Gasteiger partial charge in [-0.25, -0.2) is 0 Å². The van der Waals surface area contributed by atoms with Crippen molar-refractivity contribution in [2.24, 2.45) is 0 Å². The third kappa shape index (κ3) is 2.20. The van der Waals surface area contributed by atoms with Crippen molar-refractivity contribution < 1.29 is 9.53 Å². The Kier molecular flexibility index (Phi) is 3.23. The number of rotatable bonds is 4. The van der Waals surface area contributed by atoms with E-state index in [-0.39, 0.29) is 5.78 Å². The Bertz CT molecular complexity index is 532. The molecule has 0 saturated heterocycles. The molecular formula is C13H14N2O2. The lowest BCUT2D eigenvalue weighted by Crippen LogP contribution is -2.10. The van der Waals surface area contributed by atoms with E-state index in [0.717, 1.165) is 0 Å². The van der Waals surface area contributed by atoms with Gasteiger partial charge in [0.1, 0.15) is 11.4 Å². The van der Waals surface area contributed by atoms with Gasteiger partial charge in [0.15, 0.2) is 0 Å². The second kappa shape index (κ2) is 4.82. The number of methoxy groups -OCH3 is 1. The molecule has 0 atom stereocenters. The molecule has 4 heteroatoms. The first kappa shape index (κ1) is 11.4. The first-order chi connectivity index (χ1) is 8.26. The maximum Gasteiger partial charge on any atom is 0.211 e. The fourth-order valence-electron chi connectivity index (χ4n) is 1.69. The van der Waals surface area contributed by atoms with Gasteiger partial charge in [0.05, 0.1) is 7.11 Å². The highest BCUT2D eigenvalue weighted by Crippen LogP contribution is 2.16. The van der Waals surface area contributed by atoms with Crippen molar-refractivity contribution in [2.75, 3.05) is 7.11 Å². The number of ketones is 1. The molecule has 1 aromatic heterocycles. The van der Waals surface area contributed by atoms with E-state index >= 15 is 0 Å². The molecule has 2 rings (SSSR count). The van der Waals surface area contributed by atoms with Gasteiger partial charge < -0.3 is 4.74 Å². The quantitative estimate of drug-likeness (QED) is 0.756. The zero-order valence-electron chi connectivity index (χ0n) is 9.88. The average molecular weight is 230 g/mol. The van der Waals surface area contributed by atoms with Crippen LogP contribution < -0.4 is 4.74 Å². The van der Waals surface area contributed by atoms with Gasteiger partial charge in [-0.1, -0.05) is 12.1 Å². The van der Waals surface area contributed by atoms with Crippen LogP contribution in [0.2, 0.25) is 0 Å². The largest absolute Gasteiger partial charge is 0.497 e. The van der Waals surface area contributed by atoms with Crippen LogP contribution in [0.1, 0.15) is 23.0 Å². The van der Waals surface area contributed by atoms with Crippen LogP contribution in [0, 0.1) is 0 Å². The second-order valence-electron chi connectivity index (χ2n) is 3.59. The molecule has 88 valence electrons. The number of benzene rings is 1. The molecule has 0 aliphatic carbocycles. The van der Waals surface area contributed by atoms with Gasteiger partial charge >= 0.3 is 0 Å². The Morgan fingerprint density at radius 3 is 2.94 bits per heavy atom. The van der Waals surface area contributed by atoms with E-state index < -0.39 is 0 Å². The summed E-state index contributed by atoms with van der Waals surface area (Å²) in [7, 11) is 1.58. The standard InChI is InChI=1S/C13H14N2O2/c1-3-15-12(7-8-14-15)13(16)10-5-4-6-11(9-10)17-2/h4-9H,3H2,1-2H3. The molecule has 0 aliphatic rings. The molecule has 1 aromatic carbocycles.